The smallest absolute Gasteiger partial charge is 0.336 e. The van der Waals surface area contributed by atoms with Crippen molar-refractivity contribution in [2.45, 2.75) is 13.6 Å². The Labute approximate surface area is 111 Å². The third-order valence-electron chi connectivity index (χ3n) is 2.33. The first-order valence-electron chi connectivity index (χ1n) is 5.27. The number of benzene rings is 1. The van der Waals surface area contributed by atoms with Crippen LogP contribution < -0.4 is 10.9 Å². The van der Waals surface area contributed by atoms with E-state index in [1.807, 2.05) is 24.3 Å². The molecule has 0 aliphatic rings. The second-order valence-electron chi connectivity index (χ2n) is 3.74. The number of carbonyl (C=O) groups excluding carboxylic acids is 1. The average molecular weight is 311 g/mol. The fraction of sp³-hybridized carbons (Fsp3) is 0.167. The largest absolute Gasteiger partial charge is 0.365 e. The van der Waals surface area contributed by atoms with Crippen LogP contribution in [0.15, 0.2) is 44.3 Å². The van der Waals surface area contributed by atoms with Gasteiger partial charge in [-0.15, -0.1) is 0 Å². The van der Waals surface area contributed by atoms with Crippen molar-refractivity contribution in [3.63, 3.8) is 0 Å². The van der Waals surface area contributed by atoms with Crippen LogP contribution in [0.2, 0.25) is 0 Å². The highest BCUT2D eigenvalue weighted by Gasteiger charge is 2.09. The van der Waals surface area contributed by atoms with Gasteiger partial charge in [0.1, 0.15) is 6.67 Å². The Balaban J connectivity index is 2.26. The van der Waals surface area contributed by atoms with Gasteiger partial charge in [0.05, 0.1) is 11.8 Å². The molecule has 1 N–H and O–H groups in total. The molecule has 0 saturated carbocycles. The van der Waals surface area contributed by atoms with Gasteiger partial charge in [0.2, 0.25) is 5.91 Å². The lowest BCUT2D eigenvalue weighted by molar-refractivity contribution is -0.119. The van der Waals surface area contributed by atoms with Crippen LogP contribution in [-0.2, 0) is 11.5 Å². The molecule has 0 saturated heterocycles. The molecule has 0 radical (unpaired) electrons. The first kappa shape index (κ1) is 12.6. The number of aromatic nitrogens is 1. The molecule has 0 spiro atoms. The summed E-state index contributed by atoms with van der Waals surface area (Å²) in [4.78, 5) is 22.4. The predicted octanol–water partition coefficient (Wildman–Crippen LogP) is 1.96. The summed E-state index contributed by atoms with van der Waals surface area (Å²) in [7, 11) is 0. The molecule has 0 bridgehead atoms. The van der Waals surface area contributed by atoms with Crippen molar-refractivity contribution in [1.29, 1.82) is 0 Å². The van der Waals surface area contributed by atoms with E-state index in [1.54, 1.807) is 6.20 Å². The minimum Gasteiger partial charge on any atom is -0.336 e. The van der Waals surface area contributed by atoms with Crippen LogP contribution in [0.5, 0.6) is 0 Å². The van der Waals surface area contributed by atoms with E-state index >= 15 is 0 Å². The molecule has 0 fully saturated rings. The normalized spacial score (nSPS) is 10.3. The van der Waals surface area contributed by atoms with Crippen LogP contribution in [-0.4, -0.2) is 10.6 Å². The van der Waals surface area contributed by atoms with Gasteiger partial charge < -0.3 is 9.84 Å². The third kappa shape index (κ3) is 2.89. The minimum absolute atomic E-state index is 0.140. The zero-order chi connectivity index (χ0) is 13.1. The van der Waals surface area contributed by atoms with Gasteiger partial charge in [-0.3, -0.25) is 4.79 Å². The summed E-state index contributed by atoms with van der Waals surface area (Å²) in [5.41, 5.74) is 0.809. The Morgan fingerprint density at radius 3 is 2.67 bits per heavy atom. The highest BCUT2D eigenvalue weighted by molar-refractivity contribution is 9.10. The summed E-state index contributed by atoms with van der Waals surface area (Å²) >= 11 is 3.33. The summed E-state index contributed by atoms with van der Waals surface area (Å²) in [6.07, 6.45) is 1.57. The van der Waals surface area contributed by atoms with E-state index in [-0.39, 0.29) is 12.6 Å². The molecule has 2 rings (SSSR count). The Bertz CT molecular complexity index is 613. The Morgan fingerprint density at radius 1 is 1.39 bits per heavy atom. The number of halogens is 1. The number of amides is 1. The van der Waals surface area contributed by atoms with Crippen LogP contribution in [0.4, 0.5) is 0 Å². The standard InChI is InChI=1S/C12H11BrN2O3/c1-8(16)14-7-15-6-11(12(17)18-15)9-2-4-10(13)5-3-9/h2-6H,7H2,1H3,(H,14,16). The topological polar surface area (TPSA) is 64.2 Å². The molecule has 18 heavy (non-hydrogen) atoms. The zero-order valence-corrected chi connectivity index (χ0v) is 11.2. The number of carbonyl (C=O) groups is 1. The number of nitrogens with one attached hydrogen (secondary N) is 1. The molecule has 94 valence electrons. The summed E-state index contributed by atoms with van der Waals surface area (Å²) in [5, 5.41) is 2.55. The molecule has 2 aromatic rings. The second kappa shape index (κ2) is 5.22. The molecular formula is C12H11BrN2O3. The molecule has 1 aromatic heterocycles. The molecule has 5 nitrogen and oxygen atoms in total. The van der Waals surface area contributed by atoms with E-state index in [4.69, 9.17) is 4.52 Å². The molecule has 1 amide bonds. The van der Waals surface area contributed by atoms with Crippen molar-refractivity contribution in [2.75, 3.05) is 0 Å². The lowest BCUT2D eigenvalue weighted by Crippen LogP contribution is -2.22. The maximum absolute atomic E-state index is 11.7. The lowest BCUT2D eigenvalue weighted by atomic mass is 10.1. The quantitative estimate of drug-likeness (QED) is 0.942. The van der Waals surface area contributed by atoms with E-state index in [0.717, 1.165) is 10.0 Å². The van der Waals surface area contributed by atoms with E-state index in [9.17, 15) is 9.59 Å². The molecule has 0 aliphatic heterocycles. The maximum atomic E-state index is 11.7. The highest BCUT2D eigenvalue weighted by Crippen LogP contribution is 2.18. The Morgan fingerprint density at radius 2 is 2.06 bits per heavy atom. The zero-order valence-electron chi connectivity index (χ0n) is 9.64. The molecule has 1 aromatic carbocycles. The van der Waals surface area contributed by atoms with E-state index in [2.05, 4.69) is 21.2 Å². The van der Waals surface area contributed by atoms with Gasteiger partial charge in [0.15, 0.2) is 0 Å². The molecule has 0 unspecified atom stereocenters. The van der Waals surface area contributed by atoms with Crippen molar-refractivity contribution in [3.8, 4) is 11.1 Å². The highest BCUT2D eigenvalue weighted by atomic mass is 79.9. The van der Waals surface area contributed by atoms with Crippen LogP contribution in [0.3, 0.4) is 0 Å². The average Bonchev–Trinajstić information content (AvgIpc) is 2.69. The van der Waals surface area contributed by atoms with Crippen molar-refractivity contribution in [2.24, 2.45) is 0 Å². The fourth-order valence-electron chi connectivity index (χ4n) is 1.47. The summed E-state index contributed by atoms with van der Waals surface area (Å²) < 4.78 is 7.22. The first-order valence-corrected chi connectivity index (χ1v) is 6.06. The second-order valence-corrected chi connectivity index (χ2v) is 4.65. The van der Waals surface area contributed by atoms with Gasteiger partial charge in [-0.25, -0.2) is 4.79 Å². The SMILES string of the molecule is CC(=O)NCn1cc(-c2ccc(Br)cc2)c(=O)o1. The van der Waals surface area contributed by atoms with Crippen LogP contribution in [0, 0.1) is 0 Å². The van der Waals surface area contributed by atoms with E-state index in [1.165, 1.54) is 11.7 Å². The van der Waals surface area contributed by atoms with Crippen LogP contribution >= 0.6 is 15.9 Å². The van der Waals surface area contributed by atoms with Crippen molar-refractivity contribution >= 4 is 21.8 Å². The maximum Gasteiger partial charge on any atom is 0.365 e. The van der Waals surface area contributed by atoms with Gasteiger partial charge in [-0.2, -0.15) is 4.74 Å². The minimum atomic E-state index is -0.428. The molecule has 1 heterocycles. The van der Waals surface area contributed by atoms with Crippen molar-refractivity contribution < 1.29 is 9.32 Å². The summed E-state index contributed by atoms with van der Waals surface area (Å²) in [6.45, 7) is 1.54. The van der Waals surface area contributed by atoms with Crippen LogP contribution in [0.25, 0.3) is 11.1 Å². The Kier molecular flexibility index (Phi) is 3.66. The number of rotatable bonds is 3. The summed E-state index contributed by atoms with van der Waals surface area (Å²) in [5.74, 6) is -0.184. The van der Waals surface area contributed by atoms with E-state index < -0.39 is 5.63 Å². The van der Waals surface area contributed by atoms with Gasteiger partial charge in [-0.1, -0.05) is 28.1 Å². The number of nitrogens with zero attached hydrogens (tertiary/aromatic N) is 1. The van der Waals surface area contributed by atoms with E-state index in [0.29, 0.717) is 5.56 Å². The van der Waals surface area contributed by atoms with Crippen molar-refractivity contribution in [3.05, 3.63) is 45.4 Å². The van der Waals surface area contributed by atoms with Gasteiger partial charge in [0, 0.05) is 11.4 Å². The van der Waals surface area contributed by atoms with Crippen LogP contribution in [0.1, 0.15) is 6.92 Å². The van der Waals surface area contributed by atoms with Gasteiger partial charge >= 0.3 is 5.63 Å². The number of hydrogen-bond donors (Lipinski definition) is 1. The Hall–Kier alpha value is -1.82. The van der Waals surface area contributed by atoms with Gasteiger partial charge in [0.25, 0.3) is 0 Å². The molecule has 0 aliphatic carbocycles. The van der Waals surface area contributed by atoms with Gasteiger partial charge in [-0.05, 0) is 17.7 Å². The number of hydrogen-bond acceptors (Lipinski definition) is 3. The molecule has 6 heteroatoms. The fourth-order valence-corrected chi connectivity index (χ4v) is 1.73. The monoisotopic (exact) mass is 310 g/mol. The lowest BCUT2D eigenvalue weighted by Gasteiger charge is -1.99. The first-order chi connectivity index (χ1) is 8.56. The van der Waals surface area contributed by atoms with Crippen molar-refractivity contribution in [1.82, 2.24) is 10.1 Å². The third-order valence-corrected chi connectivity index (χ3v) is 2.86. The predicted molar refractivity (Wildman–Crippen MR) is 69.9 cm³/mol. The summed E-state index contributed by atoms with van der Waals surface area (Å²) in [6, 6.07) is 7.33. The molecule has 0 atom stereocenters. The molecular weight excluding hydrogens is 300 g/mol.